The highest BCUT2D eigenvalue weighted by atomic mass is 16.3. The maximum Gasteiger partial charge on any atom is 0.161 e. The minimum Gasteiger partial charge on any atom is -0.385 e. The number of aromatic nitrogens is 2. The van der Waals surface area contributed by atoms with E-state index in [-0.39, 0.29) is 11.7 Å². The summed E-state index contributed by atoms with van der Waals surface area (Å²) >= 11 is 0. The van der Waals surface area contributed by atoms with Gasteiger partial charge in [-0.15, -0.1) is 0 Å². The number of imidazole rings is 1. The minimum absolute atomic E-state index is 0.0232. The fourth-order valence-electron chi connectivity index (χ4n) is 2.73. The van der Waals surface area contributed by atoms with Gasteiger partial charge in [0.2, 0.25) is 0 Å². The zero-order valence-electron chi connectivity index (χ0n) is 11.0. The van der Waals surface area contributed by atoms with Crippen LogP contribution in [-0.4, -0.2) is 26.5 Å². The number of rotatable bonds is 5. The van der Waals surface area contributed by atoms with Gasteiger partial charge < -0.3 is 9.67 Å². The highest BCUT2D eigenvalue weighted by molar-refractivity contribution is 5.83. The Balaban J connectivity index is 1.82. The van der Waals surface area contributed by atoms with E-state index in [0.29, 0.717) is 12.8 Å². The highest BCUT2D eigenvalue weighted by Gasteiger charge is 2.27. The average molecular weight is 250 g/mol. The van der Waals surface area contributed by atoms with Crippen molar-refractivity contribution in [1.82, 2.24) is 9.55 Å². The van der Waals surface area contributed by atoms with E-state index >= 15 is 0 Å². The molecule has 1 N–H and O–H groups in total. The SMILES string of the molecule is Cn1ccnc1CCC(=O)C(O)C1CCCCC1. The van der Waals surface area contributed by atoms with Crippen LogP contribution in [0.25, 0.3) is 0 Å². The van der Waals surface area contributed by atoms with E-state index in [2.05, 4.69) is 4.98 Å². The summed E-state index contributed by atoms with van der Waals surface area (Å²) in [5.74, 6) is 1.07. The molecule has 1 heterocycles. The van der Waals surface area contributed by atoms with Crippen molar-refractivity contribution in [1.29, 1.82) is 0 Å². The first kappa shape index (κ1) is 13.3. The van der Waals surface area contributed by atoms with Gasteiger partial charge in [-0.2, -0.15) is 0 Å². The molecule has 1 fully saturated rings. The molecule has 0 aromatic carbocycles. The Labute approximate surface area is 108 Å². The lowest BCUT2D eigenvalue weighted by Crippen LogP contribution is -2.31. The summed E-state index contributed by atoms with van der Waals surface area (Å²) in [6, 6.07) is 0. The van der Waals surface area contributed by atoms with Gasteiger partial charge in [-0.1, -0.05) is 19.3 Å². The molecule has 4 nitrogen and oxygen atoms in total. The van der Waals surface area contributed by atoms with Crippen molar-refractivity contribution in [3.05, 3.63) is 18.2 Å². The van der Waals surface area contributed by atoms with Gasteiger partial charge in [0.15, 0.2) is 5.78 Å². The first-order valence-corrected chi connectivity index (χ1v) is 6.85. The van der Waals surface area contributed by atoms with Crippen LogP contribution in [0.2, 0.25) is 0 Å². The Bertz CT molecular complexity index is 394. The van der Waals surface area contributed by atoms with E-state index in [4.69, 9.17) is 0 Å². The van der Waals surface area contributed by atoms with Crippen molar-refractivity contribution in [3.63, 3.8) is 0 Å². The molecule has 0 spiro atoms. The van der Waals surface area contributed by atoms with E-state index in [1.54, 1.807) is 6.20 Å². The molecule has 0 radical (unpaired) electrons. The van der Waals surface area contributed by atoms with E-state index in [1.807, 2.05) is 17.8 Å². The summed E-state index contributed by atoms with van der Waals surface area (Å²) in [4.78, 5) is 16.2. The lowest BCUT2D eigenvalue weighted by Gasteiger charge is -2.25. The van der Waals surface area contributed by atoms with Gasteiger partial charge in [0.1, 0.15) is 11.9 Å². The predicted molar refractivity (Wildman–Crippen MR) is 69.1 cm³/mol. The van der Waals surface area contributed by atoms with Crippen molar-refractivity contribution in [2.45, 2.75) is 51.0 Å². The van der Waals surface area contributed by atoms with Gasteiger partial charge in [-0.05, 0) is 18.8 Å². The van der Waals surface area contributed by atoms with Crippen molar-refractivity contribution >= 4 is 5.78 Å². The summed E-state index contributed by atoms with van der Waals surface area (Å²) in [6.45, 7) is 0. The van der Waals surface area contributed by atoms with Crippen molar-refractivity contribution in [2.24, 2.45) is 13.0 Å². The van der Waals surface area contributed by atoms with Crippen LogP contribution in [0.5, 0.6) is 0 Å². The van der Waals surface area contributed by atoms with Crippen LogP contribution in [0.3, 0.4) is 0 Å². The van der Waals surface area contributed by atoms with Crippen LogP contribution in [0, 0.1) is 5.92 Å². The zero-order valence-corrected chi connectivity index (χ0v) is 11.0. The summed E-state index contributed by atoms with van der Waals surface area (Å²) in [6.07, 6.45) is 9.38. The summed E-state index contributed by atoms with van der Waals surface area (Å²) in [5, 5.41) is 10.1. The molecule has 1 aromatic heterocycles. The standard InChI is InChI=1S/C14H22N2O2/c1-16-10-9-15-13(16)8-7-12(17)14(18)11-5-3-2-4-6-11/h9-11,14,18H,2-8H2,1H3. The number of Topliss-reactive ketones (excluding diaryl/α,β-unsaturated/α-hetero) is 1. The van der Waals surface area contributed by atoms with Crippen LogP contribution in [0.1, 0.15) is 44.3 Å². The molecule has 2 rings (SSSR count). The smallest absolute Gasteiger partial charge is 0.161 e. The molecule has 0 saturated heterocycles. The summed E-state index contributed by atoms with van der Waals surface area (Å²) in [7, 11) is 1.92. The first-order valence-electron chi connectivity index (χ1n) is 6.85. The number of nitrogens with zero attached hydrogens (tertiary/aromatic N) is 2. The number of carbonyl (C=O) groups is 1. The van der Waals surface area contributed by atoms with E-state index in [0.717, 1.165) is 31.5 Å². The van der Waals surface area contributed by atoms with Gasteiger partial charge in [-0.25, -0.2) is 4.98 Å². The fraction of sp³-hybridized carbons (Fsp3) is 0.714. The van der Waals surface area contributed by atoms with Crippen LogP contribution in [0.15, 0.2) is 12.4 Å². The Morgan fingerprint density at radius 3 is 2.83 bits per heavy atom. The second kappa shape index (κ2) is 6.14. The van der Waals surface area contributed by atoms with Crippen LogP contribution in [-0.2, 0) is 18.3 Å². The normalized spacial score (nSPS) is 18.8. The van der Waals surface area contributed by atoms with Crippen molar-refractivity contribution < 1.29 is 9.90 Å². The number of hydrogen-bond donors (Lipinski definition) is 1. The van der Waals surface area contributed by atoms with Crippen molar-refractivity contribution in [2.75, 3.05) is 0 Å². The highest BCUT2D eigenvalue weighted by Crippen LogP contribution is 2.27. The molecule has 1 unspecified atom stereocenters. The predicted octanol–water partition coefficient (Wildman–Crippen LogP) is 1.86. The maximum absolute atomic E-state index is 12.0. The second-order valence-electron chi connectivity index (χ2n) is 5.26. The third-order valence-corrected chi connectivity index (χ3v) is 3.94. The van der Waals surface area contributed by atoms with Gasteiger partial charge >= 0.3 is 0 Å². The Kier molecular flexibility index (Phi) is 4.53. The number of carbonyl (C=O) groups excluding carboxylic acids is 1. The molecule has 1 saturated carbocycles. The molecular weight excluding hydrogens is 228 g/mol. The van der Waals surface area contributed by atoms with Gasteiger partial charge in [-0.3, -0.25) is 4.79 Å². The van der Waals surface area contributed by atoms with Gasteiger partial charge in [0, 0.05) is 32.3 Å². The molecule has 4 heteroatoms. The molecule has 1 aliphatic carbocycles. The molecule has 0 aliphatic heterocycles. The topological polar surface area (TPSA) is 55.1 Å². The van der Waals surface area contributed by atoms with Crippen LogP contribution >= 0.6 is 0 Å². The van der Waals surface area contributed by atoms with E-state index in [1.165, 1.54) is 6.42 Å². The van der Waals surface area contributed by atoms with Crippen molar-refractivity contribution in [3.8, 4) is 0 Å². The van der Waals surface area contributed by atoms with Crippen LogP contribution < -0.4 is 0 Å². The number of ketones is 1. The number of aliphatic hydroxyl groups excluding tert-OH is 1. The lowest BCUT2D eigenvalue weighted by atomic mass is 9.83. The maximum atomic E-state index is 12.0. The lowest BCUT2D eigenvalue weighted by molar-refractivity contribution is -0.130. The fourth-order valence-corrected chi connectivity index (χ4v) is 2.73. The molecule has 18 heavy (non-hydrogen) atoms. The largest absolute Gasteiger partial charge is 0.385 e. The molecule has 1 aliphatic rings. The van der Waals surface area contributed by atoms with E-state index < -0.39 is 6.10 Å². The Morgan fingerprint density at radius 1 is 1.50 bits per heavy atom. The quantitative estimate of drug-likeness (QED) is 0.868. The molecule has 1 aromatic rings. The molecule has 0 amide bonds. The molecule has 1 atom stereocenters. The second-order valence-corrected chi connectivity index (χ2v) is 5.26. The van der Waals surface area contributed by atoms with Crippen LogP contribution in [0.4, 0.5) is 0 Å². The molecular formula is C14H22N2O2. The third-order valence-electron chi connectivity index (χ3n) is 3.94. The zero-order chi connectivity index (χ0) is 13.0. The number of hydrogen-bond acceptors (Lipinski definition) is 3. The molecule has 0 bridgehead atoms. The third kappa shape index (κ3) is 3.19. The summed E-state index contributed by atoms with van der Waals surface area (Å²) in [5.41, 5.74) is 0. The van der Waals surface area contributed by atoms with Gasteiger partial charge in [0.25, 0.3) is 0 Å². The molecule has 100 valence electrons. The van der Waals surface area contributed by atoms with Gasteiger partial charge in [0.05, 0.1) is 0 Å². The average Bonchev–Trinajstić information content (AvgIpc) is 2.81. The summed E-state index contributed by atoms with van der Waals surface area (Å²) < 4.78 is 1.92. The Hall–Kier alpha value is -1.16. The first-order chi connectivity index (χ1) is 8.68. The monoisotopic (exact) mass is 250 g/mol. The minimum atomic E-state index is -0.759. The van der Waals surface area contributed by atoms with E-state index in [9.17, 15) is 9.90 Å². The number of aliphatic hydroxyl groups is 1. The number of aryl methyl sites for hydroxylation is 2. The Morgan fingerprint density at radius 2 is 2.22 bits per heavy atom.